The average molecular weight is 437 g/mol. The maximum atomic E-state index is 12.9. The number of aliphatic carboxylic acids is 1. The highest BCUT2D eigenvalue weighted by molar-refractivity contribution is 5.89. The van der Waals surface area contributed by atoms with Crippen molar-refractivity contribution in [3.8, 4) is 11.1 Å². The Kier molecular flexibility index (Phi) is 6.17. The van der Waals surface area contributed by atoms with Gasteiger partial charge >= 0.3 is 12.1 Å². The molecule has 2 aromatic rings. The Morgan fingerprint density at radius 1 is 1.06 bits per heavy atom. The molecule has 1 fully saturated rings. The highest BCUT2D eigenvalue weighted by Crippen LogP contribution is 2.44. The number of fused-ring (bicyclic) bond motifs is 3. The van der Waals surface area contributed by atoms with Gasteiger partial charge in [-0.25, -0.2) is 9.59 Å². The van der Waals surface area contributed by atoms with Crippen LogP contribution in [0.1, 0.15) is 43.7 Å². The lowest BCUT2D eigenvalue weighted by Crippen LogP contribution is -2.56. The number of ether oxygens (including phenoxy) is 1. The van der Waals surface area contributed by atoms with Crippen molar-refractivity contribution >= 4 is 18.0 Å². The first-order valence-electron chi connectivity index (χ1n) is 11.0. The van der Waals surface area contributed by atoms with Crippen LogP contribution in [0.2, 0.25) is 0 Å². The molecule has 2 aliphatic rings. The summed E-state index contributed by atoms with van der Waals surface area (Å²) in [4.78, 5) is 38.3. The first-order valence-corrected chi connectivity index (χ1v) is 11.0. The Balaban J connectivity index is 1.39. The summed E-state index contributed by atoms with van der Waals surface area (Å²) in [6.07, 6.45) is 0.485. The van der Waals surface area contributed by atoms with E-state index in [-0.39, 0.29) is 18.4 Å². The minimum atomic E-state index is -1.02. The monoisotopic (exact) mass is 436 g/mol. The number of alkyl carbamates (subject to hydrolysis) is 1. The topological polar surface area (TPSA) is 95.9 Å². The van der Waals surface area contributed by atoms with Gasteiger partial charge in [-0.3, -0.25) is 4.79 Å². The quantitative estimate of drug-likeness (QED) is 0.746. The second kappa shape index (κ2) is 9.02. The number of carboxylic acid groups (broad SMARTS) is 1. The molecule has 7 nitrogen and oxygen atoms in total. The highest BCUT2D eigenvalue weighted by Gasteiger charge is 2.37. The number of rotatable bonds is 5. The number of hydrogen-bond donors (Lipinski definition) is 2. The van der Waals surface area contributed by atoms with Crippen LogP contribution < -0.4 is 5.32 Å². The lowest BCUT2D eigenvalue weighted by molar-refractivity contribution is -0.153. The normalized spacial score (nSPS) is 20.8. The van der Waals surface area contributed by atoms with Gasteiger partial charge in [-0.1, -0.05) is 55.5 Å². The van der Waals surface area contributed by atoms with Gasteiger partial charge in [0.2, 0.25) is 5.91 Å². The third-order valence-corrected chi connectivity index (χ3v) is 6.43. The fraction of sp³-hybridized carbons (Fsp3) is 0.400. The molecule has 4 rings (SSSR count). The Morgan fingerprint density at radius 2 is 1.66 bits per heavy atom. The first kappa shape index (κ1) is 21.9. The third-order valence-electron chi connectivity index (χ3n) is 6.43. The molecule has 0 radical (unpaired) electrons. The second-order valence-corrected chi connectivity index (χ2v) is 8.72. The number of hydrogen-bond acceptors (Lipinski definition) is 4. The molecule has 0 aromatic heterocycles. The molecule has 1 aliphatic carbocycles. The maximum Gasteiger partial charge on any atom is 0.407 e. The average Bonchev–Trinajstić information content (AvgIpc) is 3.10. The van der Waals surface area contributed by atoms with Crippen molar-refractivity contribution in [1.29, 1.82) is 0 Å². The number of nitrogens with zero attached hydrogens (tertiary/aromatic N) is 1. The molecular weight excluding hydrogens is 408 g/mol. The fourth-order valence-electron chi connectivity index (χ4n) is 4.78. The number of carbonyl (C=O) groups excluding carboxylic acids is 2. The van der Waals surface area contributed by atoms with Gasteiger partial charge in [-0.05, 0) is 47.9 Å². The molecule has 168 valence electrons. The number of nitrogens with one attached hydrogen (secondary N) is 1. The predicted octanol–water partition coefficient (Wildman–Crippen LogP) is 3.63. The molecule has 7 heteroatoms. The van der Waals surface area contributed by atoms with Crippen LogP contribution in [0.3, 0.4) is 0 Å². The number of carbonyl (C=O) groups is 3. The summed E-state index contributed by atoms with van der Waals surface area (Å²) in [6.45, 7) is 4.07. The smallest absolute Gasteiger partial charge is 0.407 e. The Labute approximate surface area is 187 Å². The summed E-state index contributed by atoms with van der Waals surface area (Å²) in [5, 5.41) is 12.0. The van der Waals surface area contributed by atoms with E-state index in [1.165, 1.54) is 4.90 Å². The van der Waals surface area contributed by atoms with E-state index >= 15 is 0 Å². The van der Waals surface area contributed by atoms with Gasteiger partial charge in [0.1, 0.15) is 18.7 Å². The van der Waals surface area contributed by atoms with Crippen LogP contribution in [-0.2, 0) is 14.3 Å². The predicted molar refractivity (Wildman–Crippen MR) is 119 cm³/mol. The molecule has 2 aromatic carbocycles. The maximum absolute atomic E-state index is 12.9. The van der Waals surface area contributed by atoms with Crippen molar-refractivity contribution in [2.24, 2.45) is 5.92 Å². The van der Waals surface area contributed by atoms with Gasteiger partial charge < -0.3 is 20.1 Å². The van der Waals surface area contributed by atoms with Crippen molar-refractivity contribution in [2.45, 2.75) is 44.7 Å². The minimum absolute atomic E-state index is 0.0708. The van der Waals surface area contributed by atoms with Crippen molar-refractivity contribution in [1.82, 2.24) is 10.2 Å². The summed E-state index contributed by atoms with van der Waals surface area (Å²) >= 11 is 0. The summed E-state index contributed by atoms with van der Waals surface area (Å²) in [6, 6.07) is 14.4. The van der Waals surface area contributed by atoms with E-state index in [4.69, 9.17) is 4.74 Å². The van der Waals surface area contributed by atoms with Crippen LogP contribution in [0, 0.1) is 5.92 Å². The molecule has 2 unspecified atom stereocenters. The Hall–Kier alpha value is -3.35. The van der Waals surface area contributed by atoms with E-state index in [0.29, 0.717) is 13.0 Å². The number of carboxylic acids is 1. The van der Waals surface area contributed by atoms with Crippen LogP contribution in [0.15, 0.2) is 48.5 Å². The van der Waals surface area contributed by atoms with Gasteiger partial charge in [0, 0.05) is 12.5 Å². The molecule has 0 spiro atoms. The third kappa shape index (κ3) is 4.20. The van der Waals surface area contributed by atoms with E-state index in [1.807, 2.05) is 43.3 Å². The number of piperidine rings is 1. The van der Waals surface area contributed by atoms with E-state index in [9.17, 15) is 19.5 Å². The summed E-state index contributed by atoms with van der Waals surface area (Å²) < 4.78 is 5.51. The van der Waals surface area contributed by atoms with Crippen LogP contribution >= 0.6 is 0 Å². The summed E-state index contributed by atoms with van der Waals surface area (Å²) in [5.74, 6) is -1.27. The van der Waals surface area contributed by atoms with Gasteiger partial charge in [0.15, 0.2) is 0 Å². The first-order chi connectivity index (χ1) is 15.4. The lowest BCUT2D eigenvalue weighted by atomic mass is 9.93. The van der Waals surface area contributed by atoms with E-state index in [1.54, 1.807) is 6.92 Å². The van der Waals surface area contributed by atoms with Gasteiger partial charge in [-0.15, -0.1) is 0 Å². The van der Waals surface area contributed by atoms with Crippen molar-refractivity contribution in [3.63, 3.8) is 0 Å². The van der Waals surface area contributed by atoms with E-state index in [2.05, 4.69) is 17.4 Å². The molecule has 2 amide bonds. The standard InChI is InChI=1S/C25H28N2O5/c1-15-11-12-22(24(29)30)27(13-15)23(28)16(2)26-25(31)32-14-21-19-9-5-3-7-17(19)18-8-4-6-10-20(18)21/h3-10,15-16,21-22H,11-14H2,1-2H3,(H,26,31)(H,29,30)/t15?,16-,22?/m1/s1. The van der Waals surface area contributed by atoms with Crippen molar-refractivity contribution in [2.75, 3.05) is 13.2 Å². The van der Waals surface area contributed by atoms with Gasteiger partial charge in [0.05, 0.1) is 0 Å². The minimum Gasteiger partial charge on any atom is -0.480 e. The number of amides is 2. The van der Waals surface area contributed by atoms with Crippen LogP contribution in [0.5, 0.6) is 0 Å². The molecule has 1 aliphatic heterocycles. The summed E-state index contributed by atoms with van der Waals surface area (Å²) in [7, 11) is 0. The second-order valence-electron chi connectivity index (χ2n) is 8.72. The largest absolute Gasteiger partial charge is 0.480 e. The molecule has 0 bridgehead atoms. The SMILES string of the molecule is CC1CCC(C(=O)O)N(C(=O)[C@@H](C)NC(=O)OCC2c3ccccc3-c3ccccc32)C1. The highest BCUT2D eigenvalue weighted by atomic mass is 16.5. The molecule has 1 saturated heterocycles. The van der Waals surface area contributed by atoms with Crippen LogP contribution in [-0.4, -0.2) is 53.2 Å². The molecule has 1 heterocycles. The van der Waals surface area contributed by atoms with E-state index in [0.717, 1.165) is 28.7 Å². The number of likely N-dealkylation sites (tertiary alicyclic amines) is 1. The molecule has 0 saturated carbocycles. The zero-order valence-corrected chi connectivity index (χ0v) is 18.3. The summed E-state index contributed by atoms with van der Waals surface area (Å²) in [5.41, 5.74) is 4.49. The molecule has 2 N–H and O–H groups in total. The van der Waals surface area contributed by atoms with Crippen molar-refractivity contribution in [3.05, 3.63) is 59.7 Å². The van der Waals surface area contributed by atoms with Gasteiger partial charge in [0.25, 0.3) is 0 Å². The number of benzene rings is 2. The van der Waals surface area contributed by atoms with E-state index < -0.39 is 30.1 Å². The fourth-order valence-corrected chi connectivity index (χ4v) is 4.78. The molecule has 3 atom stereocenters. The molecule has 32 heavy (non-hydrogen) atoms. The Morgan fingerprint density at radius 3 is 2.25 bits per heavy atom. The van der Waals surface area contributed by atoms with Crippen molar-refractivity contribution < 1.29 is 24.2 Å². The van der Waals surface area contributed by atoms with Crippen LogP contribution in [0.25, 0.3) is 11.1 Å². The van der Waals surface area contributed by atoms with Gasteiger partial charge in [-0.2, -0.15) is 0 Å². The zero-order chi connectivity index (χ0) is 22.8. The Bertz CT molecular complexity index is 991. The molecular formula is C25H28N2O5. The zero-order valence-electron chi connectivity index (χ0n) is 18.3. The lowest BCUT2D eigenvalue weighted by Gasteiger charge is -2.37. The van der Waals surface area contributed by atoms with Crippen LogP contribution in [0.4, 0.5) is 4.79 Å².